The summed E-state index contributed by atoms with van der Waals surface area (Å²) in [4.78, 5) is 29.0. The van der Waals surface area contributed by atoms with E-state index in [1.54, 1.807) is 25.0 Å². The van der Waals surface area contributed by atoms with Crippen LogP contribution < -0.4 is 5.32 Å². The van der Waals surface area contributed by atoms with Gasteiger partial charge < -0.3 is 15.3 Å². The summed E-state index contributed by atoms with van der Waals surface area (Å²) in [6.07, 6.45) is 3.65. The summed E-state index contributed by atoms with van der Waals surface area (Å²) in [5.74, 6) is -0.474. The number of hydrogen-bond donors (Lipinski definition) is 2. The summed E-state index contributed by atoms with van der Waals surface area (Å²) in [6.45, 7) is 2.23. The smallest absolute Gasteiger partial charge is 0.329 e. The van der Waals surface area contributed by atoms with Crippen molar-refractivity contribution in [3.05, 3.63) is 12.2 Å². The minimum atomic E-state index is -1.14. The number of nitrogens with one attached hydrogen (secondary N) is 1. The molecule has 0 spiro atoms. The average Bonchev–Trinajstić information content (AvgIpc) is 2.82. The van der Waals surface area contributed by atoms with Crippen LogP contribution in [0.3, 0.4) is 0 Å². The molecule has 1 aromatic heterocycles. The molecular weight excluding hydrogens is 262 g/mol. The molecule has 2 N–H and O–H groups in total. The van der Waals surface area contributed by atoms with E-state index < -0.39 is 11.5 Å². The van der Waals surface area contributed by atoms with E-state index in [1.165, 1.54) is 4.90 Å². The normalized spacial score (nSPS) is 22.6. The first-order chi connectivity index (χ1) is 9.43. The number of urea groups is 1. The number of aromatic nitrogens is 3. The third-order valence-corrected chi connectivity index (χ3v) is 3.64. The molecule has 1 atom stereocenters. The van der Waals surface area contributed by atoms with Crippen LogP contribution in [0.2, 0.25) is 0 Å². The van der Waals surface area contributed by atoms with E-state index in [0.717, 1.165) is 12.8 Å². The highest BCUT2D eigenvalue weighted by atomic mass is 16.4. The van der Waals surface area contributed by atoms with E-state index in [2.05, 4.69) is 15.4 Å². The molecule has 1 aromatic rings. The molecule has 0 radical (unpaired) electrons. The second-order valence-corrected chi connectivity index (χ2v) is 5.18. The molecule has 0 aliphatic carbocycles. The predicted octanol–water partition coefficient (Wildman–Crippen LogP) is 0.354. The number of aryl methyl sites for hydroxylation is 1. The predicted molar refractivity (Wildman–Crippen MR) is 69.8 cm³/mol. The number of aliphatic carboxylic acids is 1. The van der Waals surface area contributed by atoms with Crippen LogP contribution in [-0.2, 0) is 18.4 Å². The van der Waals surface area contributed by atoms with Crippen LogP contribution in [0.15, 0.2) is 6.33 Å². The monoisotopic (exact) mass is 281 g/mol. The lowest BCUT2D eigenvalue weighted by Crippen LogP contribution is -2.59. The molecule has 110 valence electrons. The molecule has 2 rings (SSSR count). The molecule has 2 amide bonds. The number of carbonyl (C=O) groups excluding carboxylic acids is 1. The van der Waals surface area contributed by atoms with Crippen molar-refractivity contribution in [1.29, 1.82) is 0 Å². The number of likely N-dealkylation sites (tertiary alicyclic amines) is 1. The number of hydrogen-bond acceptors (Lipinski definition) is 4. The second-order valence-electron chi connectivity index (χ2n) is 5.18. The summed E-state index contributed by atoms with van der Waals surface area (Å²) in [7, 11) is 1.74. The number of carbonyl (C=O) groups is 2. The van der Waals surface area contributed by atoms with E-state index in [9.17, 15) is 14.7 Å². The van der Waals surface area contributed by atoms with Gasteiger partial charge in [-0.2, -0.15) is 5.10 Å². The van der Waals surface area contributed by atoms with Crippen LogP contribution in [0.4, 0.5) is 4.79 Å². The van der Waals surface area contributed by atoms with E-state index >= 15 is 0 Å². The van der Waals surface area contributed by atoms with Crippen molar-refractivity contribution in [2.45, 2.75) is 38.3 Å². The third-order valence-electron chi connectivity index (χ3n) is 3.64. The standard InChI is InChI=1S/C12H19N5O3/c1-12(10(18)19)5-3-4-6-17(12)11(20)13-7-9-14-8-16(2)15-9/h8H,3-7H2,1-2H3,(H,13,20)(H,18,19). The van der Waals surface area contributed by atoms with E-state index in [1.807, 2.05) is 0 Å². The van der Waals surface area contributed by atoms with Gasteiger partial charge in [0, 0.05) is 13.6 Å². The first kappa shape index (κ1) is 14.3. The molecular formula is C12H19N5O3. The Morgan fingerprint density at radius 2 is 2.25 bits per heavy atom. The highest BCUT2D eigenvalue weighted by molar-refractivity contribution is 5.86. The number of rotatable bonds is 3. The summed E-state index contributed by atoms with van der Waals surface area (Å²) in [5, 5.41) is 16.1. The maximum Gasteiger partial charge on any atom is 0.329 e. The Morgan fingerprint density at radius 3 is 2.85 bits per heavy atom. The van der Waals surface area contributed by atoms with Crippen molar-refractivity contribution >= 4 is 12.0 Å². The van der Waals surface area contributed by atoms with Crippen LogP contribution in [-0.4, -0.2) is 48.9 Å². The maximum atomic E-state index is 12.2. The van der Waals surface area contributed by atoms with Crippen molar-refractivity contribution in [2.75, 3.05) is 6.54 Å². The molecule has 1 unspecified atom stereocenters. The van der Waals surface area contributed by atoms with Crippen LogP contribution in [0.5, 0.6) is 0 Å². The average molecular weight is 281 g/mol. The third kappa shape index (κ3) is 2.73. The minimum absolute atomic E-state index is 0.186. The minimum Gasteiger partial charge on any atom is -0.480 e. The first-order valence-electron chi connectivity index (χ1n) is 6.57. The van der Waals surface area contributed by atoms with Gasteiger partial charge in [0.25, 0.3) is 0 Å². The summed E-state index contributed by atoms with van der Waals surface area (Å²) in [6, 6.07) is -0.387. The molecule has 1 fully saturated rings. The van der Waals surface area contributed by atoms with E-state index in [0.29, 0.717) is 18.8 Å². The second kappa shape index (κ2) is 5.48. The molecule has 2 heterocycles. The Bertz CT molecular complexity index is 515. The number of carboxylic acids is 1. The fourth-order valence-corrected chi connectivity index (χ4v) is 2.38. The van der Waals surface area contributed by atoms with Crippen LogP contribution in [0.1, 0.15) is 32.0 Å². The zero-order valence-corrected chi connectivity index (χ0v) is 11.7. The number of nitrogens with zero attached hydrogens (tertiary/aromatic N) is 4. The summed E-state index contributed by atoms with van der Waals surface area (Å²) < 4.78 is 1.55. The van der Waals surface area contributed by atoms with Gasteiger partial charge in [-0.25, -0.2) is 14.6 Å². The van der Waals surface area contributed by atoms with Gasteiger partial charge in [-0.15, -0.1) is 0 Å². The zero-order chi connectivity index (χ0) is 14.8. The van der Waals surface area contributed by atoms with Gasteiger partial charge in [-0.3, -0.25) is 4.68 Å². The molecule has 1 saturated heterocycles. The Labute approximate surface area is 116 Å². The Balaban J connectivity index is 2.01. The number of carboxylic acid groups (broad SMARTS) is 1. The molecule has 1 aliphatic heterocycles. The summed E-state index contributed by atoms with van der Waals surface area (Å²) >= 11 is 0. The van der Waals surface area contributed by atoms with Crippen molar-refractivity contribution in [1.82, 2.24) is 25.0 Å². The highest BCUT2D eigenvalue weighted by Gasteiger charge is 2.43. The van der Waals surface area contributed by atoms with Crippen molar-refractivity contribution in [2.24, 2.45) is 7.05 Å². The largest absolute Gasteiger partial charge is 0.480 e. The molecule has 0 saturated carbocycles. The first-order valence-corrected chi connectivity index (χ1v) is 6.57. The lowest BCUT2D eigenvalue weighted by Gasteiger charge is -2.41. The van der Waals surface area contributed by atoms with E-state index in [-0.39, 0.29) is 12.6 Å². The van der Waals surface area contributed by atoms with Crippen molar-refractivity contribution in [3.63, 3.8) is 0 Å². The van der Waals surface area contributed by atoms with Gasteiger partial charge in [-0.05, 0) is 26.2 Å². The maximum absolute atomic E-state index is 12.2. The Hall–Kier alpha value is -2.12. The van der Waals surface area contributed by atoms with Gasteiger partial charge in [0.05, 0.1) is 6.54 Å². The zero-order valence-electron chi connectivity index (χ0n) is 11.7. The van der Waals surface area contributed by atoms with E-state index in [4.69, 9.17) is 0 Å². The van der Waals surface area contributed by atoms with Gasteiger partial charge in [0.15, 0.2) is 5.82 Å². The van der Waals surface area contributed by atoms with Crippen molar-refractivity contribution in [3.8, 4) is 0 Å². The quantitative estimate of drug-likeness (QED) is 0.833. The molecule has 1 aliphatic rings. The van der Waals surface area contributed by atoms with Crippen LogP contribution in [0, 0.1) is 0 Å². The molecule has 0 aromatic carbocycles. The van der Waals surface area contributed by atoms with Crippen LogP contribution in [0.25, 0.3) is 0 Å². The highest BCUT2D eigenvalue weighted by Crippen LogP contribution is 2.28. The van der Waals surface area contributed by atoms with Crippen molar-refractivity contribution < 1.29 is 14.7 Å². The summed E-state index contributed by atoms with van der Waals surface area (Å²) in [5.41, 5.74) is -1.14. The van der Waals surface area contributed by atoms with Gasteiger partial charge in [0.2, 0.25) is 0 Å². The molecule has 8 nitrogen and oxygen atoms in total. The number of piperidine rings is 1. The SMILES string of the molecule is Cn1cnc(CNC(=O)N2CCCCC2(C)C(=O)O)n1. The lowest BCUT2D eigenvalue weighted by atomic mass is 9.89. The van der Waals surface area contributed by atoms with Gasteiger partial charge in [-0.1, -0.05) is 0 Å². The molecule has 20 heavy (non-hydrogen) atoms. The molecule has 8 heteroatoms. The van der Waals surface area contributed by atoms with Crippen LogP contribution >= 0.6 is 0 Å². The Kier molecular flexibility index (Phi) is 3.91. The Morgan fingerprint density at radius 1 is 1.50 bits per heavy atom. The topological polar surface area (TPSA) is 100 Å². The van der Waals surface area contributed by atoms with Gasteiger partial charge >= 0.3 is 12.0 Å². The lowest BCUT2D eigenvalue weighted by molar-refractivity contribution is -0.150. The number of amides is 2. The van der Waals surface area contributed by atoms with Gasteiger partial charge in [0.1, 0.15) is 11.9 Å². The fraction of sp³-hybridized carbons (Fsp3) is 0.667. The molecule has 0 bridgehead atoms. The fourth-order valence-electron chi connectivity index (χ4n) is 2.38.